The van der Waals surface area contributed by atoms with E-state index < -0.39 is 6.36 Å². The Hall–Kier alpha value is -0.330. The van der Waals surface area contributed by atoms with Gasteiger partial charge in [-0.25, -0.2) is 0 Å². The molecule has 0 amide bonds. The standard InChI is InChI=1S/C11H18F3NO2/c12-11(13,14)17-6-9-1-4-15(5-9)7-10(8-16)2-3-10/h9,16H,1-8H2/t9-/m1/s1. The van der Waals surface area contributed by atoms with E-state index in [0.29, 0.717) is 6.54 Å². The summed E-state index contributed by atoms with van der Waals surface area (Å²) in [5.74, 6) is -0.0360. The second kappa shape index (κ2) is 4.74. The van der Waals surface area contributed by atoms with Crippen molar-refractivity contribution in [2.24, 2.45) is 11.3 Å². The highest BCUT2D eigenvalue weighted by Crippen LogP contribution is 2.46. The van der Waals surface area contributed by atoms with Crippen molar-refractivity contribution in [2.75, 3.05) is 32.8 Å². The van der Waals surface area contributed by atoms with Crippen LogP contribution >= 0.6 is 0 Å². The average molecular weight is 253 g/mol. The highest BCUT2D eigenvalue weighted by atomic mass is 19.4. The lowest BCUT2D eigenvalue weighted by Gasteiger charge is -2.21. The van der Waals surface area contributed by atoms with Gasteiger partial charge in [0.1, 0.15) is 0 Å². The van der Waals surface area contributed by atoms with Gasteiger partial charge in [-0.05, 0) is 31.7 Å². The fraction of sp³-hybridized carbons (Fsp3) is 1.00. The minimum absolute atomic E-state index is 0.0360. The Morgan fingerprint density at radius 2 is 2.06 bits per heavy atom. The Labute approximate surface area is 98.5 Å². The molecule has 0 spiro atoms. The molecule has 0 aromatic heterocycles. The molecule has 1 N–H and O–H groups in total. The molecule has 0 radical (unpaired) electrons. The van der Waals surface area contributed by atoms with Crippen molar-refractivity contribution in [1.82, 2.24) is 4.90 Å². The molecule has 1 heterocycles. The maximum Gasteiger partial charge on any atom is 0.522 e. The molecule has 0 aromatic rings. The number of nitrogens with zero attached hydrogens (tertiary/aromatic N) is 1. The summed E-state index contributed by atoms with van der Waals surface area (Å²) in [6.07, 6.45) is -1.71. The highest BCUT2D eigenvalue weighted by Gasteiger charge is 2.44. The first-order chi connectivity index (χ1) is 7.92. The number of aliphatic hydroxyl groups excluding tert-OH is 1. The van der Waals surface area contributed by atoms with Gasteiger partial charge in [-0.1, -0.05) is 0 Å². The summed E-state index contributed by atoms with van der Waals surface area (Å²) in [4.78, 5) is 2.15. The van der Waals surface area contributed by atoms with Gasteiger partial charge < -0.3 is 10.0 Å². The smallest absolute Gasteiger partial charge is 0.396 e. The Morgan fingerprint density at radius 3 is 2.59 bits per heavy atom. The summed E-state index contributed by atoms with van der Waals surface area (Å²) in [5.41, 5.74) is 0.0414. The van der Waals surface area contributed by atoms with E-state index in [-0.39, 0.29) is 24.5 Å². The molecule has 0 unspecified atom stereocenters. The molecule has 1 atom stereocenters. The molecule has 3 nitrogen and oxygen atoms in total. The Kier molecular flexibility index (Phi) is 3.66. The zero-order valence-electron chi connectivity index (χ0n) is 9.67. The third-order valence-corrected chi connectivity index (χ3v) is 3.70. The number of alkyl halides is 3. The topological polar surface area (TPSA) is 32.7 Å². The summed E-state index contributed by atoms with van der Waals surface area (Å²) in [5, 5.41) is 9.19. The molecule has 2 aliphatic rings. The molecule has 2 rings (SSSR count). The van der Waals surface area contributed by atoms with Crippen LogP contribution in [0.2, 0.25) is 0 Å². The first-order valence-electron chi connectivity index (χ1n) is 5.96. The lowest BCUT2D eigenvalue weighted by atomic mass is 10.1. The SMILES string of the molecule is OCC1(CN2CC[C@@H](COC(F)(F)F)C2)CC1. The number of rotatable bonds is 5. The number of hydrogen-bond donors (Lipinski definition) is 1. The number of aliphatic hydroxyl groups is 1. The van der Waals surface area contributed by atoms with E-state index in [1.807, 2.05) is 0 Å². The van der Waals surface area contributed by atoms with Crippen molar-refractivity contribution in [3.63, 3.8) is 0 Å². The van der Waals surface area contributed by atoms with Gasteiger partial charge in [0.05, 0.1) is 6.61 Å². The van der Waals surface area contributed by atoms with Gasteiger partial charge in [0.25, 0.3) is 0 Å². The molecular formula is C11H18F3NO2. The summed E-state index contributed by atoms with van der Waals surface area (Å²) in [6.45, 7) is 2.22. The predicted molar refractivity (Wildman–Crippen MR) is 55.3 cm³/mol. The van der Waals surface area contributed by atoms with E-state index in [0.717, 1.165) is 32.4 Å². The van der Waals surface area contributed by atoms with Crippen molar-refractivity contribution in [3.8, 4) is 0 Å². The first-order valence-corrected chi connectivity index (χ1v) is 5.96. The van der Waals surface area contributed by atoms with Crippen LogP contribution < -0.4 is 0 Å². The first kappa shape index (κ1) is 13.1. The van der Waals surface area contributed by atoms with Crippen LogP contribution in [-0.4, -0.2) is 49.2 Å². The molecule has 0 aromatic carbocycles. The molecule has 100 valence electrons. The van der Waals surface area contributed by atoms with Crippen molar-refractivity contribution >= 4 is 0 Å². The second-order valence-corrected chi connectivity index (χ2v) is 5.30. The van der Waals surface area contributed by atoms with Crippen LogP contribution in [0.1, 0.15) is 19.3 Å². The van der Waals surface area contributed by atoms with Crippen LogP contribution in [0.4, 0.5) is 13.2 Å². The molecule has 17 heavy (non-hydrogen) atoms. The second-order valence-electron chi connectivity index (χ2n) is 5.30. The van der Waals surface area contributed by atoms with Crippen LogP contribution in [-0.2, 0) is 4.74 Å². The fourth-order valence-corrected chi connectivity index (χ4v) is 2.42. The summed E-state index contributed by atoms with van der Waals surface area (Å²) >= 11 is 0. The molecule has 1 saturated heterocycles. The number of hydrogen-bond acceptors (Lipinski definition) is 3. The zero-order valence-corrected chi connectivity index (χ0v) is 9.67. The molecule has 1 aliphatic heterocycles. The lowest BCUT2D eigenvalue weighted by Crippen LogP contribution is -2.31. The van der Waals surface area contributed by atoms with E-state index in [9.17, 15) is 18.3 Å². The number of likely N-dealkylation sites (tertiary alicyclic amines) is 1. The Balaban J connectivity index is 1.69. The summed E-state index contributed by atoms with van der Waals surface area (Å²) in [7, 11) is 0. The minimum atomic E-state index is -4.52. The average Bonchev–Trinajstić information content (AvgIpc) is 2.86. The number of halogens is 3. The van der Waals surface area contributed by atoms with Crippen molar-refractivity contribution < 1.29 is 23.0 Å². The van der Waals surface area contributed by atoms with Crippen LogP contribution in [0, 0.1) is 11.3 Å². The zero-order chi connectivity index (χ0) is 12.5. The minimum Gasteiger partial charge on any atom is -0.396 e. The number of ether oxygens (including phenoxy) is 1. The molecule has 2 fully saturated rings. The quantitative estimate of drug-likeness (QED) is 0.808. The fourth-order valence-electron chi connectivity index (χ4n) is 2.42. The van der Waals surface area contributed by atoms with Crippen molar-refractivity contribution in [1.29, 1.82) is 0 Å². The van der Waals surface area contributed by atoms with Crippen LogP contribution in [0.3, 0.4) is 0 Å². The largest absolute Gasteiger partial charge is 0.522 e. The van der Waals surface area contributed by atoms with Gasteiger partial charge in [0.2, 0.25) is 0 Å². The maximum absolute atomic E-state index is 11.9. The Morgan fingerprint density at radius 1 is 1.35 bits per heavy atom. The molecule has 6 heteroatoms. The van der Waals surface area contributed by atoms with E-state index in [2.05, 4.69) is 9.64 Å². The van der Waals surface area contributed by atoms with E-state index in [1.165, 1.54) is 0 Å². The molecule has 0 bridgehead atoms. The van der Waals surface area contributed by atoms with Gasteiger partial charge in [-0.2, -0.15) is 0 Å². The summed E-state index contributed by atoms with van der Waals surface area (Å²) < 4.78 is 39.5. The lowest BCUT2D eigenvalue weighted by molar-refractivity contribution is -0.328. The molecule has 1 saturated carbocycles. The van der Waals surface area contributed by atoms with Gasteiger partial charge in [-0.15, -0.1) is 13.2 Å². The Bertz CT molecular complexity index is 266. The summed E-state index contributed by atoms with van der Waals surface area (Å²) in [6, 6.07) is 0. The molecule has 1 aliphatic carbocycles. The van der Waals surface area contributed by atoms with E-state index in [1.54, 1.807) is 0 Å². The van der Waals surface area contributed by atoms with Gasteiger partial charge in [-0.3, -0.25) is 4.74 Å². The van der Waals surface area contributed by atoms with E-state index >= 15 is 0 Å². The van der Waals surface area contributed by atoms with Crippen LogP contribution in [0.15, 0.2) is 0 Å². The van der Waals surface area contributed by atoms with Crippen molar-refractivity contribution in [2.45, 2.75) is 25.6 Å². The van der Waals surface area contributed by atoms with Gasteiger partial charge >= 0.3 is 6.36 Å². The van der Waals surface area contributed by atoms with E-state index in [4.69, 9.17) is 0 Å². The third-order valence-electron chi connectivity index (χ3n) is 3.70. The van der Waals surface area contributed by atoms with Crippen LogP contribution in [0.5, 0.6) is 0 Å². The molecular weight excluding hydrogens is 235 g/mol. The maximum atomic E-state index is 11.9. The highest BCUT2D eigenvalue weighted by molar-refractivity contribution is 4.96. The normalized spacial score (nSPS) is 28.6. The van der Waals surface area contributed by atoms with Crippen LogP contribution in [0.25, 0.3) is 0 Å². The van der Waals surface area contributed by atoms with Gasteiger partial charge in [0, 0.05) is 25.1 Å². The monoisotopic (exact) mass is 253 g/mol. The third kappa shape index (κ3) is 3.82. The predicted octanol–water partition coefficient (Wildman–Crippen LogP) is 1.62. The van der Waals surface area contributed by atoms with Crippen molar-refractivity contribution in [3.05, 3.63) is 0 Å². The van der Waals surface area contributed by atoms with Gasteiger partial charge in [0.15, 0.2) is 0 Å².